The van der Waals surface area contributed by atoms with Crippen molar-refractivity contribution in [2.45, 2.75) is 12.5 Å². The van der Waals surface area contributed by atoms with Gasteiger partial charge in [-0.05, 0) is 18.2 Å². The molecule has 1 atom stereocenters. The maximum atomic E-state index is 12.4. The van der Waals surface area contributed by atoms with Crippen LogP contribution in [0.5, 0.6) is 0 Å². The Morgan fingerprint density at radius 2 is 2.12 bits per heavy atom. The number of aliphatic hydroxyl groups is 1. The number of β-amino-alcohol motifs (C(OH)–C–C–N with tert-alkyl or cyclic N) is 1. The van der Waals surface area contributed by atoms with E-state index in [0.29, 0.717) is 5.69 Å². The van der Waals surface area contributed by atoms with Crippen molar-refractivity contribution in [2.75, 3.05) is 18.2 Å². The third-order valence-electron chi connectivity index (χ3n) is 2.34. The summed E-state index contributed by atoms with van der Waals surface area (Å²) >= 11 is 0. The van der Waals surface area contributed by atoms with Crippen molar-refractivity contribution < 1.29 is 23.0 Å². The first-order chi connectivity index (χ1) is 7.47. The van der Waals surface area contributed by atoms with E-state index in [-0.39, 0.29) is 13.3 Å². The fraction of sp³-hybridized carbons (Fsp3) is 0.400. The van der Waals surface area contributed by atoms with E-state index >= 15 is 0 Å². The number of hydrogen-bond donors (Lipinski definition) is 1. The van der Waals surface area contributed by atoms with E-state index < -0.39 is 18.0 Å². The minimum absolute atomic E-state index is 0.0997. The molecule has 1 fully saturated rings. The fourth-order valence-corrected chi connectivity index (χ4v) is 1.53. The zero-order valence-corrected chi connectivity index (χ0v) is 8.24. The molecule has 0 bridgehead atoms. The molecule has 16 heavy (non-hydrogen) atoms. The molecule has 1 aromatic carbocycles. The number of nitrogens with zero attached hydrogens (tertiary/aromatic N) is 1. The van der Waals surface area contributed by atoms with E-state index in [1.165, 1.54) is 6.07 Å². The molecule has 1 aromatic rings. The number of hydrogen-bond acceptors (Lipinski definition) is 3. The zero-order chi connectivity index (χ0) is 11.8. The Bertz CT molecular complexity index is 381. The molecule has 6 heteroatoms. The van der Waals surface area contributed by atoms with E-state index in [0.717, 1.165) is 12.1 Å². The summed E-state index contributed by atoms with van der Waals surface area (Å²) < 4.78 is 42.1. The lowest BCUT2D eigenvalue weighted by molar-refractivity contribution is -0.137. The Morgan fingerprint density at radius 3 is 2.69 bits per heavy atom. The average molecular weight is 233 g/mol. The van der Waals surface area contributed by atoms with Crippen LogP contribution in [0.25, 0.3) is 0 Å². The summed E-state index contributed by atoms with van der Waals surface area (Å²) in [5, 5.41) is 9.10. The molecule has 0 aromatic heterocycles. The molecule has 0 spiro atoms. The molecule has 1 heterocycles. The lowest BCUT2D eigenvalue weighted by Crippen LogP contribution is -2.21. The maximum absolute atomic E-state index is 12.4. The lowest BCUT2D eigenvalue weighted by Gasteiger charge is -2.17. The first-order valence-electron chi connectivity index (χ1n) is 4.69. The van der Waals surface area contributed by atoms with Crippen molar-refractivity contribution in [2.24, 2.45) is 0 Å². The predicted octanol–water partition coefficient (Wildman–Crippen LogP) is 1.82. The van der Waals surface area contributed by atoms with Gasteiger partial charge in [-0.1, -0.05) is 6.07 Å². The highest BCUT2D eigenvalue weighted by Crippen LogP contribution is 2.32. The first kappa shape index (κ1) is 11.2. The van der Waals surface area contributed by atoms with Gasteiger partial charge in [-0.25, -0.2) is 0 Å². The van der Waals surface area contributed by atoms with Crippen molar-refractivity contribution in [1.29, 1.82) is 0 Å². The van der Waals surface area contributed by atoms with Crippen LogP contribution >= 0.6 is 0 Å². The maximum Gasteiger partial charge on any atom is 0.416 e. The Labute approximate surface area is 90.0 Å². The Morgan fingerprint density at radius 1 is 1.38 bits per heavy atom. The molecule has 0 saturated carbocycles. The highest BCUT2D eigenvalue weighted by atomic mass is 19.4. The SMILES string of the molecule is OC1CN(c2cccc(C(F)(F)F)c2)CO1. The highest BCUT2D eigenvalue weighted by Gasteiger charge is 2.31. The summed E-state index contributed by atoms with van der Waals surface area (Å²) in [4.78, 5) is 1.54. The number of ether oxygens (including phenoxy) is 1. The van der Waals surface area contributed by atoms with Crippen molar-refractivity contribution in [3.63, 3.8) is 0 Å². The number of alkyl halides is 3. The van der Waals surface area contributed by atoms with Crippen molar-refractivity contribution in [3.8, 4) is 0 Å². The standard InChI is InChI=1S/C10H10F3NO2/c11-10(12,13)7-2-1-3-8(4-7)14-5-9(15)16-6-14/h1-4,9,15H,5-6H2. The summed E-state index contributed by atoms with van der Waals surface area (Å²) in [5.41, 5.74) is -0.308. The average Bonchev–Trinajstić information content (AvgIpc) is 2.64. The van der Waals surface area contributed by atoms with Crippen LogP contribution in [-0.4, -0.2) is 24.7 Å². The normalized spacial score (nSPS) is 21.5. The van der Waals surface area contributed by atoms with Crippen molar-refractivity contribution in [1.82, 2.24) is 0 Å². The highest BCUT2D eigenvalue weighted by molar-refractivity contribution is 5.49. The van der Waals surface area contributed by atoms with Crippen LogP contribution in [0.3, 0.4) is 0 Å². The van der Waals surface area contributed by atoms with E-state index in [4.69, 9.17) is 9.84 Å². The predicted molar refractivity (Wildman–Crippen MR) is 50.7 cm³/mol. The largest absolute Gasteiger partial charge is 0.416 e. The van der Waals surface area contributed by atoms with Gasteiger partial charge in [-0.2, -0.15) is 13.2 Å². The second kappa shape index (κ2) is 3.95. The molecule has 1 saturated heterocycles. The second-order valence-corrected chi connectivity index (χ2v) is 3.52. The topological polar surface area (TPSA) is 32.7 Å². The third-order valence-corrected chi connectivity index (χ3v) is 2.34. The molecule has 88 valence electrons. The molecule has 0 amide bonds. The molecular formula is C10H10F3NO2. The van der Waals surface area contributed by atoms with Gasteiger partial charge in [-0.15, -0.1) is 0 Å². The Balaban J connectivity index is 2.23. The minimum Gasteiger partial charge on any atom is -0.366 e. The van der Waals surface area contributed by atoms with E-state index in [9.17, 15) is 13.2 Å². The third kappa shape index (κ3) is 2.28. The van der Waals surface area contributed by atoms with Gasteiger partial charge < -0.3 is 14.7 Å². The quantitative estimate of drug-likeness (QED) is 0.803. The van der Waals surface area contributed by atoms with Gasteiger partial charge in [0.05, 0.1) is 12.1 Å². The molecule has 1 N–H and O–H groups in total. The van der Waals surface area contributed by atoms with Crippen LogP contribution in [0.1, 0.15) is 5.56 Å². The van der Waals surface area contributed by atoms with Crippen molar-refractivity contribution >= 4 is 5.69 Å². The second-order valence-electron chi connectivity index (χ2n) is 3.52. The van der Waals surface area contributed by atoms with E-state index in [1.807, 2.05) is 0 Å². The summed E-state index contributed by atoms with van der Waals surface area (Å²) in [6, 6.07) is 4.94. The number of halogens is 3. The zero-order valence-electron chi connectivity index (χ0n) is 8.24. The smallest absolute Gasteiger partial charge is 0.366 e. The van der Waals surface area contributed by atoms with Gasteiger partial charge in [0.2, 0.25) is 0 Å². The molecule has 0 radical (unpaired) electrons. The summed E-state index contributed by atoms with van der Waals surface area (Å²) in [6.07, 6.45) is -5.29. The van der Waals surface area contributed by atoms with Crippen LogP contribution in [-0.2, 0) is 10.9 Å². The molecular weight excluding hydrogens is 223 g/mol. The van der Waals surface area contributed by atoms with Gasteiger partial charge in [0.25, 0.3) is 0 Å². The van der Waals surface area contributed by atoms with Crippen LogP contribution in [0.4, 0.5) is 18.9 Å². The molecule has 2 rings (SSSR count). The van der Waals surface area contributed by atoms with Crippen LogP contribution in [0, 0.1) is 0 Å². The molecule has 0 aliphatic carbocycles. The van der Waals surface area contributed by atoms with Crippen LogP contribution in [0.2, 0.25) is 0 Å². The first-order valence-corrected chi connectivity index (χ1v) is 4.69. The van der Waals surface area contributed by atoms with E-state index in [2.05, 4.69) is 0 Å². The summed E-state index contributed by atoms with van der Waals surface area (Å²) in [7, 11) is 0. The number of aliphatic hydroxyl groups excluding tert-OH is 1. The molecule has 1 aliphatic rings. The summed E-state index contributed by atoms with van der Waals surface area (Å²) in [6.45, 7) is 0.282. The van der Waals surface area contributed by atoms with Crippen molar-refractivity contribution in [3.05, 3.63) is 29.8 Å². The van der Waals surface area contributed by atoms with Gasteiger partial charge in [-0.3, -0.25) is 0 Å². The summed E-state index contributed by atoms with van der Waals surface area (Å²) in [5.74, 6) is 0. The van der Waals surface area contributed by atoms with E-state index in [1.54, 1.807) is 11.0 Å². The Kier molecular flexibility index (Phi) is 2.77. The molecule has 3 nitrogen and oxygen atoms in total. The van der Waals surface area contributed by atoms with Gasteiger partial charge in [0, 0.05) is 5.69 Å². The van der Waals surface area contributed by atoms with Gasteiger partial charge in [0.1, 0.15) is 6.73 Å². The number of rotatable bonds is 1. The number of anilines is 1. The fourth-order valence-electron chi connectivity index (χ4n) is 1.53. The minimum atomic E-state index is -4.35. The van der Waals surface area contributed by atoms with Crippen LogP contribution < -0.4 is 4.90 Å². The van der Waals surface area contributed by atoms with Crippen LogP contribution in [0.15, 0.2) is 24.3 Å². The molecule has 1 aliphatic heterocycles. The molecule has 1 unspecified atom stereocenters. The van der Waals surface area contributed by atoms with Gasteiger partial charge in [0.15, 0.2) is 6.29 Å². The monoisotopic (exact) mass is 233 g/mol. The number of benzene rings is 1. The lowest BCUT2D eigenvalue weighted by atomic mass is 10.2. The van der Waals surface area contributed by atoms with Gasteiger partial charge >= 0.3 is 6.18 Å². The Hall–Kier alpha value is -1.27.